The molecule has 1 aliphatic heterocycles. The summed E-state index contributed by atoms with van der Waals surface area (Å²) in [6.07, 6.45) is 3.54. The molecule has 0 spiro atoms. The van der Waals surface area contributed by atoms with Gasteiger partial charge < -0.3 is 9.88 Å². The molecule has 1 fully saturated rings. The van der Waals surface area contributed by atoms with Gasteiger partial charge in [0, 0.05) is 39.1 Å². The molecule has 0 amide bonds. The number of aromatic nitrogens is 2. The van der Waals surface area contributed by atoms with Crippen molar-refractivity contribution in [3.8, 4) is 0 Å². The smallest absolute Gasteiger partial charge is 0.253 e. The van der Waals surface area contributed by atoms with Crippen LogP contribution < -0.4 is 5.32 Å². The van der Waals surface area contributed by atoms with E-state index in [2.05, 4.69) is 10.3 Å². The minimum Gasteiger partial charge on any atom is -0.337 e. The Hall–Kier alpha value is -1.22. The lowest BCUT2D eigenvalue weighted by Gasteiger charge is -2.34. The molecule has 1 unspecified atom stereocenters. The highest BCUT2D eigenvalue weighted by atomic mass is 32.2. The minimum atomic E-state index is -3.48. The lowest BCUT2D eigenvalue weighted by atomic mass is 10.2. The molecule has 2 aromatic rings. The summed E-state index contributed by atoms with van der Waals surface area (Å²) in [7, 11) is -1.60. The highest BCUT2D eigenvalue weighted by Gasteiger charge is 2.37. The van der Waals surface area contributed by atoms with Gasteiger partial charge in [-0.05, 0) is 23.9 Å². The summed E-state index contributed by atoms with van der Waals surface area (Å²) in [6.45, 7) is 3.53. The number of hydrogen-bond acceptors (Lipinski definition) is 5. The van der Waals surface area contributed by atoms with Crippen LogP contribution in [0.5, 0.6) is 0 Å². The van der Waals surface area contributed by atoms with E-state index in [0.29, 0.717) is 23.8 Å². The number of imidazole rings is 1. The fraction of sp³-hybridized carbons (Fsp3) is 0.462. The molecule has 3 heterocycles. The van der Waals surface area contributed by atoms with Gasteiger partial charge in [0.05, 0.1) is 6.04 Å². The monoisotopic (exact) mass is 326 g/mol. The summed E-state index contributed by atoms with van der Waals surface area (Å²) in [5.41, 5.74) is 0.803. The number of hydrogen-bond donors (Lipinski definition) is 1. The molecule has 1 N–H and O–H groups in total. The van der Waals surface area contributed by atoms with E-state index in [9.17, 15) is 8.42 Å². The molecule has 0 aromatic carbocycles. The molecular weight excluding hydrogens is 308 g/mol. The van der Waals surface area contributed by atoms with Gasteiger partial charge in [-0.25, -0.2) is 13.4 Å². The Labute approximate surface area is 128 Å². The van der Waals surface area contributed by atoms with Crippen molar-refractivity contribution in [2.75, 3.05) is 19.6 Å². The van der Waals surface area contributed by atoms with Gasteiger partial charge in [-0.3, -0.25) is 0 Å². The Kier molecular flexibility index (Phi) is 3.87. The third-order valence-electron chi connectivity index (χ3n) is 3.71. The van der Waals surface area contributed by atoms with Crippen molar-refractivity contribution in [1.82, 2.24) is 19.2 Å². The Morgan fingerprint density at radius 1 is 1.48 bits per heavy atom. The second kappa shape index (κ2) is 5.53. The van der Waals surface area contributed by atoms with E-state index in [0.717, 1.165) is 11.4 Å². The number of aryl methyl sites for hydroxylation is 2. The van der Waals surface area contributed by atoms with E-state index in [1.807, 2.05) is 36.2 Å². The number of sulfonamides is 1. The van der Waals surface area contributed by atoms with E-state index < -0.39 is 10.0 Å². The van der Waals surface area contributed by atoms with Crippen molar-refractivity contribution >= 4 is 21.4 Å². The zero-order valence-electron chi connectivity index (χ0n) is 12.0. The average molecular weight is 326 g/mol. The van der Waals surface area contributed by atoms with E-state index >= 15 is 0 Å². The Balaban J connectivity index is 2.03. The molecule has 8 heteroatoms. The van der Waals surface area contributed by atoms with Crippen molar-refractivity contribution < 1.29 is 8.42 Å². The topological polar surface area (TPSA) is 67.2 Å². The van der Waals surface area contributed by atoms with E-state index in [1.165, 1.54) is 11.3 Å². The summed E-state index contributed by atoms with van der Waals surface area (Å²) < 4.78 is 29.8. The molecule has 1 aliphatic rings. The van der Waals surface area contributed by atoms with E-state index in [-0.39, 0.29) is 6.04 Å². The number of piperazine rings is 1. The normalized spacial score (nSPS) is 20.8. The number of nitrogens with zero attached hydrogens (tertiary/aromatic N) is 3. The molecule has 114 valence electrons. The van der Waals surface area contributed by atoms with Crippen LogP contribution in [0.4, 0.5) is 0 Å². The zero-order valence-corrected chi connectivity index (χ0v) is 13.6. The third-order valence-corrected chi connectivity index (χ3v) is 7.28. The van der Waals surface area contributed by atoms with Gasteiger partial charge in [0.2, 0.25) is 0 Å². The predicted octanol–water partition coefficient (Wildman–Crippen LogP) is 1.13. The first kappa shape index (κ1) is 14.7. The molecule has 0 saturated carbocycles. The second-order valence-corrected chi connectivity index (χ2v) is 8.13. The largest absolute Gasteiger partial charge is 0.337 e. The predicted molar refractivity (Wildman–Crippen MR) is 81.8 cm³/mol. The van der Waals surface area contributed by atoms with Crippen LogP contribution in [0.3, 0.4) is 0 Å². The molecule has 1 atom stereocenters. The maximum Gasteiger partial charge on any atom is 0.253 e. The SMILES string of the molecule is Cc1ccsc1S(=O)(=O)N1CCNCC1c1nccn1C. The Morgan fingerprint density at radius 3 is 2.90 bits per heavy atom. The zero-order chi connectivity index (χ0) is 15.0. The van der Waals surface area contributed by atoms with Crippen molar-refractivity contribution in [3.05, 3.63) is 35.2 Å². The molecule has 0 radical (unpaired) electrons. The standard InChI is InChI=1S/C13H18N4O2S2/c1-10-3-8-20-13(10)21(18,19)17-7-4-14-9-11(17)12-15-5-6-16(12)2/h3,5-6,8,11,14H,4,7,9H2,1-2H3. The first-order chi connectivity index (χ1) is 10.0. The molecule has 2 aromatic heterocycles. The lowest BCUT2D eigenvalue weighted by molar-refractivity contribution is 0.259. The summed E-state index contributed by atoms with van der Waals surface area (Å²) in [6, 6.07) is 1.57. The van der Waals surface area contributed by atoms with Gasteiger partial charge in [-0.15, -0.1) is 11.3 Å². The first-order valence-electron chi connectivity index (χ1n) is 6.75. The molecule has 1 saturated heterocycles. The van der Waals surface area contributed by atoms with Crippen LogP contribution in [-0.4, -0.2) is 41.9 Å². The van der Waals surface area contributed by atoms with Gasteiger partial charge >= 0.3 is 0 Å². The Bertz CT molecular complexity index is 735. The maximum atomic E-state index is 13.0. The molecular formula is C13H18N4O2S2. The lowest BCUT2D eigenvalue weighted by Crippen LogP contribution is -2.49. The van der Waals surface area contributed by atoms with Crippen molar-refractivity contribution in [2.45, 2.75) is 17.2 Å². The first-order valence-corrected chi connectivity index (χ1v) is 9.07. The number of rotatable bonds is 3. The van der Waals surface area contributed by atoms with Gasteiger partial charge in [0.1, 0.15) is 10.0 Å². The maximum absolute atomic E-state index is 13.0. The highest BCUT2D eigenvalue weighted by molar-refractivity contribution is 7.91. The van der Waals surface area contributed by atoms with E-state index in [1.54, 1.807) is 10.5 Å². The van der Waals surface area contributed by atoms with Crippen molar-refractivity contribution in [2.24, 2.45) is 7.05 Å². The highest BCUT2D eigenvalue weighted by Crippen LogP contribution is 2.31. The van der Waals surface area contributed by atoms with Crippen LogP contribution in [0.2, 0.25) is 0 Å². The molecule has 0 bridgehead atoms. The molecule has 0 aliphatic carbocycles. The van der Waals surface area contributed by atoms with Crippen LogP contribution in [0.1, 0.15) is 17.4 Å². The van der Waals surface area contributed by atoms with E-state index in [4.69, 9.17) is 0 Å². The number of nitrogens with one attached hydrogen (secondary N) is 1. The van der Waals surface area contributed by atoms with Crippen molar-refractivity contribution in [3.63, 3.8) is 0 Å². The van der Waals surface area contributed by atoms with Crippen LogP contribution in [0.15, 0.2) is 28.0 Å². The average Bonchev–Trinajstić information content (AvgIpc) is 3.07. The molecule has 6 nitrogen and oxygen atoms in total. The van der Waals surface area contributed by atoms with Crippen LogP contribution in [0.25, 0.3) is 0 Å². The number of thiophene rings is 1. The summed E-state index contributed by atoms with van der Waals surface area (Å²) in [5, 5.41) is 5.08. The fourth-order valence-electron chi connectivity index (χ4n) is 2.62. The van der Waals surface area contributed by atoms with Crippen LogP contribution in [0, 0.1) is 6.92 Å². The second-order valence-electron chi connectivity index (χ2n) is 5.12. The molecule has 3 rings (SSSR count). The summed E-state index contributed by atoms with van der Waals surface area (Å²) >= 11 is 1.28. The fourth-order valence-corrected chi connectivity index (χ4v) is 5.73. The van der Waals surface area contributed by atoms with Crippen molar-refractivity contribution in [1.29, 1.82) is 0 Å². The quantitative estimate of drug-likeness (QED) is 0.918. The minimum absolute atomic E-state index is 0.273. The van der Waals surface area contributed by atoms with Gasteiger partial charge in [0.15, 0.2) is 0 Å². The third kappa shape index (κ3) is 2.52. The Morgan fingerprint density at radius 2 is 2.29 bits per heavy atom. The summed E-state index contributed by atoms with van der Waals surface area (Å²) in [4.78, 5) is 4.33. The summed E-state index contributed by atoms with van der Waals surface area (Å²) in [5.74, 6) is 0.764. The van der Waals surface area contributed by atoms with Gasteiger partial charge in [-0.2, -0.15) is 4.31 Å². The van der Waals surface area contributed by atoms with Gasteiger partial charge in [0.25, 0.3) is 10.0 Å². The van der Waals surface area contributed by atoms with Crippen LogP contribution >= 0.6 is 11.3 Å². The van der Waals surface area contributed by atoms with Crippen LogP contribution in [-0.2, 0) is 17.1 Å². The molecule has 21 heavy (non-hydrogen) atoms. The van der Waals surface area contributed by atoms with Gasteiger partial charge in [-0.1, -0.05) is 0 Å².